The molecule has 110 valence electrons. The summed E-state index contributed by atoms with van der Waals surface area (Å²) >= 11 is 0. The van der Waals surface area contributed by atoms with Crippen molar-refractivity contribution in [3.63, 3.8) is 0 Å². The second-order valence-electron chi connectivity index (χ2n) is 4.41. The lowest BCUT2D eigenvalue weighted by atomic mass is 10.1. The van der Waals surface area contributed by atoms with Gasteiger partial charge in [0.25, 0.3) is 0 Å². The van der Waals surface area contributed by atoms with Gasteiger partial charge in [0.1, 0.15) is 6.29 Å². The van der Waals surface area contributed by atoms with E-state index >= 15 is 0 Å². The Hall–Kier alpha value is -1.32. The first-order chi connectivity index (χ1) is 9.24. The van der Waals surface area contributed by atoms with E-state index in [2.05, 4.69) is 6.92 Å². The minimum Gasteiger partial charge on any atom is -0.498 e. The maximum atomic E-state index is 11.1. The molecule has 0 fully saturated rings. The summed E-state index contributed by atoms with van der Waals surface area (Å²) in [6.45, 7) is 4.28. The van der Waals surface area contributed by atoms with Gasteiger partial charge in [0.15, 0.2) is 0 Å². The summed E-state index contributed by atoms with van der Waals surface area (Å²) in [5.74, 6) is -0.400. The summed E-state index contributed by atoms with van der Waals surface area (Å²) in [5, 5.41) is 0. The molecule has 0 saturated carbocycles. The molecular weight excluding hydrogens is 244 g/mol. The van der Waals surface area contributed by atoms with Crippen molar-refractivity contribution in [3.05, 3.63) is 12.3 Å². The molecule has 0 bridgehead atoms. The Labute approximate surface area is 116 Å². The summed E-state index contributed by atoms with van der Waals surface area (Å²) in [6.07, 6.45) is 10.4. The van der Waals surface area contributed by atoms with E-state index in [0.29, 0.717) is 19.4 Å². The Morgan fingerprint density at radius 3 is 2.58 bits per heavy atom. The molecule has 0 aromatic carbocycles. The van der Waals surface area contributed by atoms with Crippen LogP contribution in [0, 0.1) is 0 Å². The van der Waals surface area contributed by atoms with Crippen molar-refractivity contribution in [1.29, 1.82) is 0 Å². The molecule has 0 aromatic rings. The summed E-state index contributed by atoms with van der Waals surface area (Å²) in [7, 11) is 0. The van der Waals surface area contributed by atoms with Crippen LogP contribution in [-0.4, -0.2) is 25.0 Å². The monoisotopic (exact) mass is 270 g/mol. The predicted molar refractivity (Wildman–Crippen MR) is 74.7 cm³/mol. The van der Waals surface area contributed by atoms with Crippen molar-refractivity contribution in [2.24, 2.45) is 0 Å². The van der Waals surface area contributed by atoms with E-state index in [1.165, 1.54) is 31.6 Å². The predicted octanol–water partition coefficient (Wildman–Crippen LogP) is 3.40. The van der Waals surface area contributed by atoms with Gasteiger partial charge in [0, 0.05) is 6.42 Å². The fourth-order valence-corrected chi connectivity index (χ4v) is 1.73. The third kappa shape index (κ3) is 11.5. The maximum absolute atomic E-state index is 11.1. The topological polar surface area (TPSA) is 52.6 Å². The van der Waals surface area contributed by atoms with E-state index in [0.717, 1.165) is 19.1 Å². The van der Waals surface area contributed by atoms with Gasteiger partial charge in [0.2, 0.25) is 0 Å². The molecule has 0 heterocycles. The van der Waals surface area contributed by atoms with Crippen LogP contribution in [0.1, 0.15) is 58.8 Å². The first-order valence-electron chi connectivity index (χ1n) is 7.16. The molecule has 1 unspecified atom stereocenters. The molecule has 0 aliphatic carbocycles. The minimum atomic E-state index is -0.400. The number of carbonyl (C=O) groups excluding carboxylic acids is 2. The molecule has 0 spiro atoms. The van der Waals surface area contributed by atoms with Crippen LogP contribution >= 0.6 is 0 Å². The number of hydrogen-bond donors (Lipinski definition) is 0. The van der Waals surface area contributed by atoms with Crippen molar-refractivity contribution in [3.8, 4) is 0 Å². The highest BCUT2D eigenvalue weighted by Gasteiger charge is 2.08. The van der Waals surface area contributed by atoms with Crippen molar-refractivity contribution in [1.82, 2.24) is 0 Å². The van der Waals surface area contributed by atoms with Gasteiger partial charge in [-0.2, -0.15) is 0 Å². The zero-order chi connectivity index (χ0) is 14.3. The molecule has 4 nitrogen and oxygen atoms in total. The van der Waals surface area contributed by atoms with E-state index < -0.39 is 5.97 Å². The van der Waals surface area contributed by atoms with Gasteiger partial charge in [-0.3, -0.25) is 0 Å². The number of hydrogen-bond acceptors (Lipinski definition) is 4. The van der Waals surface area contributed by atoms with Crippen LogP contribution in [0.4, 0.5) is 0 Å². The molecule has 0 aliphatic heterocycles. The quantitative estimate of drug-likeness (QED) is 0.179. The number of aldehydes is 1. The average molecular weight is 270 g/mol. The van der Waals surface area contributed by atoms with Crippen LogP contribution in [0.15, 0.2) is 12.3 Å². The molecule has 0 aliphatic rings. The lowest BCUT2D eigenvalue weighted by Gasteiger charge is -2.15. The van der Waals surface area contributed by atoms with Crippen molar-refractivity contribution in [2.45, 2.75) is 64.9 Å². The van der Waals surface area contributed by atoms with E-state index in [9.17, 15) is 9.59 Å². The summed E-state index contributed by atoms with van der Waals surface area (Å²) in [6, 6.07) is 0. The molecule has 19 heavy (non-hydrogen) atoms. The van der Waals surface area contributed by atoms with Crippen LogP contribution in [-0.2, 0) is 19.1 Å². The Bertz CT molecular complexity index is 261. The highest BCUT2D eigenvalue weighted by atomic mass is 16.5. The van der Waals surface area contributed by atoms with Crippen LogP contribution in [0.2, 0.25) is 0 Å². The lowest BCUT2D eigenvalue weighted by molar-refractivity contribution is -0.137. The zero-order valence-electron chi connectivity index (χ0n) is 12.1. The Kier molecular flexibility index (Phi) is 12.2. The van der Waals surface area contributed by atoms with Crippen LogP contribution < -0.4 is 0 Å². The van der Waals surface area contributed by atoms with Gasteiger partial charge in [-0.25, -0.2) is 4.79 Å². The number of rotatable bonds is 12. The fraction of sp³-hybridized carbons (Fsp3) is 0.733. The number of unbranched alkanes of at least 4 members (excludes halogenated alkanes) is 3. The molecule has 0 saturated heterocycles. The Morgan fingerprint density at radius 2 is 1.95 bits per heavy atom. The molecule has 4 heteroatoms. The number of ether oxygens (including phenoxy) is 2. The Morgan fingerprint density at radius 1 is 1.16 bits per heavy atom. The number of carbonyl (C=O) groups is 2. The molecule has 0 rings (SSSR count). The largest absolute Gasteiger partial charge is 0.498 e. The molecule has 0 radical (unpaired) electrons. The minimum absolute atomic E-state index is 0.00716. The SMILES string of the molecule is CCCCCCC(CCC=O)O/C=C/C(=O)OCC. The van der Waals surface area contributed by atoms with Crippen LogP contribution in [0.25, 0.3) is 0 Å². The summed E-state index contributed by atoms with van der Waals surface area (Å²) in [4.78, 5) is 21.5. The molecule has 0 amide bonds. The molecule has 0 N–H and O–H groups in total. The van der Waals surface area contributed by atoms with Gasteiger partial charge >= 0.3 is 5.97 Å². The van der Waals surface area contributed by atoms with Gasteiger partial charge in [0.05, 0.1) is 25.0 Å². The second kappa shape index (κ2) is 13.1. The maximum Gasteiger partial charge on any atom is 0.333 e. The zero-order valence-corrected chi connectivity index (χ0v) is 12.1. The van der Waals surface area contributed by atoms with E-state index in [1.807, 2.05) is 0 Å². The van der Waals surface area contributed by atoms with Crippen LogP contribution in [0.5, 0.6) is 0 Å². The lowest BCUT2D eigenvalue weighted by Crippen LogP contribution is -2.10. The normalized spacial score (nSPS) is 12.3. The van der Waals surface area contributed by atoms with Gasteiger partial charge in [-0.15, -0.1) is 0 Å². The molecule has 1 atom stereocenters. The highest BCUT2D eigenvalue weighted by molar-refractivity contribution is 5.81. The molecular formula is C15H26O4. The standard InChI is InChI=1S/C15H26O4/c1-3-5-6-7-9-14(10-8-12-16)19-13-11-15(17)18-4-2/h11-14H,3-10H2,1-2H3/b13-11+. The highest BCUT2D eigenvalue weighted by Crippen LogP contribution is 2.13. The van der Waals surface area contributed by atoms with Crippen molar-refractivity contribution in [2.75, 3.05) is 6.61 Å². The van der Waals surface area contributed by atoms with Crippen molar-refractivity contribution >= 4 is 12.3 Å². The van der Waals surface area contributed by atoms with E-state index in [4.69, 9.17) is 9.47 Å². The first-order valence-corrected chi connectivity index (χ1v) is 7.16. The van der Waals surface area contributed by atoms with Gasteiger partial charge in [-0.05, 0) is 26.2 Å². The third-order valence-corrected chi connectivity index (χ3v) is 2.75. The van der Waals surface area contributed by atoms with Crippen LogP contribution in [0.3, 0.4) is 0 Å². The average Bonchev–Trinajstić information content (AvgIpc) is 2.40. The van der Waals surface area contributed by atoms with Gasteiger partial charge < -0.3 is 14.3 Å². The Balaban J connectivity index is 3.96. The van der Waals surface area contributed by atoms with Crippen molar-refractivity contribution < 1.29 is 19.1 Å². The molecule has 0 aromatic heterocycles. The van der Waals surface area contributed by atoms with E-state index in [1.54, 1.807) is 6.92 Å². The second-order valence-corrected chi connectivity index (χ2v) is 4.41. The summed E-state index contributed by atoms with van der Waals surface area (Å²) < 4.78 is 10.3. The fourth-order valence-electron chi connectivity index (χ4n) is 1.73. The number of esters is 1. The first kappa shape index (κ1) is 17.7. The van der Waals surface area contributed by atoms with Gasteiger partial charge in [-0.1, -0.05) is 26.2 Å². The van der Waals surface area contributed by atoms with E-state index in [-0.39, 0.29) is 6.10 Å². The smallest absolute Gasteiger partial charge is 0.333 e. The summed E-state index contributed by atoms with van der Waals surface area (Å²) in [5.41, 5.74) is 0. The third-order valence-electron chi connectivity index (χ3n) is 2.75.